The molecule has 0 radical (unpaired) electrons. The maximum atomic E-state index is 3.74. The lowest BCUT2D eigenvalue weighted by molar-refractivity contribution is 0.530. The van der Waals surface area contributed by atoms with Gasteiger partial charge in [0.25, 0.3) is 0 Å². The molecule has 19 heavy (non-hydrogen) atoms. The molecule has 2 nitrogen and oxygen atoms in total. The van der Waals surface area contributed by atoms with E-state index in [2.05, 4.69) is 58.2 Å². The molecule has 1 N–H and O–H groups in total. The minimum absolute atomic E-state index is 0.887. The standard InChI is InChI=1S/C16H25BrN2/c1-3-5-13-8-9-19(12-13)16-7-6-14(10-15(16)17)11-18-4-2/h6-7,10,13,18H,3-5,8-9,11-12H2,1-2H3. The van der Waals surface area contributed by atoms with Crippen LogP contribution in [0.15, 0.2) is 22.7 Å². The molecule has 1 aliphatic rings. The molecule has 0 saturated carbocycles. The third-order valence-corrected chi connectivity index (χ3v) is 4.55. The van der Waals surface area contributed by atoms with Crippen LogP contribution in [-0.2, 0) is 6.54 Å². The fraction of sp³-hybridized carbons (Fsp3) is 0.625. The lowest BCUT2D eigenvalue weighted by Crippen LogP contribution is -2.20. The van der Waals surface area contributed by atoms with Crippen LogP contribution < -0.4 is 10.2 Å². The van der Waals surface area contributed by atoms with Crippen molar-refractivity contribution in [2.45, 2.75) is 39.7 Å². The van der Waals surface area contributed by atoms with E-state index in [0.717, 1.165) is 19.0 Å². The first-order valence-electron chi connectivity index (χ1n) is 7.48. The number of rotatable bonds is 6. The van der Waals surface area contributed by atoms with Gasteiger partial charge in [-0.1, -0.05) is 26.3 Å². The molecule has 2 rings (SSSR count). The summed E-state index contributed by atoms with van der Waals surface area (Å²) in [5, 5.41) is 3.37. The zero-order chi connectivity index (χ0) is 13.7. The molecule has 1 unspecified atom stereocenters. The molecule has 1 saturated heterocycles. The average molecular weight is 325 g/mol. The van der Waals surface area contributed by atoms with Gasteiger partial charge in [-0.05, 0) is 58.9 Å². The van der Waals surface area contributed by atoms with Crippen molar-refractivity contribution in [3.63, 3.8) is 0 Å². The number of anilines is 1. The van der Waals surface area contributed by atoms with E-state index >= 15 is 0 Å². The van der Waals surface area contributed by atoms with Crippen LogP contribution in [0.3, 0.4) is 0 Å². The Morgan fingerprint density at radius 1 is 1.37 bits per heavy atom. The molecular formula is C16H25BrN2. The van der Waals surface area contributed by atoms with Crippen LogP contribution in [0.2, 0.25) is 0 Å². The van der Waals surface area contributed by atoms with Crippen LogP contribution in [0.1, 0.15) is 38.7 Å². The van der Waals surface area contributed by atoms with Gasteiger partial charge in [-0.15, -0.1) is 0 Å². The number of hydrogen-bond acceptors (Lipinski definition) is 2. The molecule has 1 aromatic carbocycles. The summed E-state index contributed by atoms with van der Waals surface area (Å²) in [5.74, 6) is 0.887. The number of halogens is 1. The summed E-state index contributed by atoms with van der Waals surface area (Å²) >= 11 is 3.74. The highest BCUT2D eigenvalue weighted by atomic mass is 79.9. The monoisotopic (exact) mass is 324 g/mol. The molecule has 0 aliphatic carbocycles. The SMILES string of the molecule is CCCC1CCN(c2ccc(CNCC)cc2Br)C1. The summed E-state index contributed by atoms with van der Waals surface area (Å²) < 4.78 is 1.24. The fourth-order valence-corrected chi connectivity index (χ4v) is 3.56. The molecule has 3 heteroatoms. The maximum absolute atomic E-state index is 3.74. The Hall–Kier alpha value is -0.540. The van der Waals surface area contributed by atoms with Crippen LogP contribution in [0.4, 0.5) is 5.69 Å². The second-order valence-corrected chi connectivity index (χ2v) is 6.31. The number of hydrogen-bond donors (Lipinski definition) is 1. The molecule has 1 aliphatic heterocycles. The van der Waals surface area contributed by atoms with Crippen molar-refractivity contribution in [1.82, 2.24) is 5.32 Å². The topological polar surface area (TPSA) is 15.3 Å². The summed E-state index contributed by atoms with van der Waals surface area (Å²) in [4.78, 5) is 2.53. The van der Waals surface area contributed by atoms with Crippen molar-refractivity contribution >= 4 is 21.6 Å². The van der Waals surface area contributed by atoms with E-state index in [0.29, 0.717) is 0 Å². The van der Waals surface area contributed by atoms with E-state index in [1.165, 1.54) is 48.1 Å². The van der Waals surface area contributed by atoms with E-state index in [4.69, 9.17) is 0 Å². The van der Waals surface area contributed by atoms with Crippen molar-refractivity contribution in [2.75, 3.05) is 24.5 Å². The number of nitrogens with one attached hydrogen (secondary N) is 1. The van der Waals surface area contributed by atoms with Crippen molar-refractivity contribution in [3.05, 3.63) is 28.2 Å². The van der Waals surface area contributed by atoms with Gasteiger partial charge < -0.3 is 10.2 Å². The van der Waals surface area contributed by atoms with Crippen LogP contribution >= 0.6 is 15.9 Å². The Morgan fingerprint density at radius 2 is 2.21 bits per heavy atom. The molecular weight excluding hydrogens is 300 g/mol. The van der Waals surface area contributed by atoms with Crippen LogP contribution in [0.25, 0.3) is 0 Å². The predicted molar refractivity (Wildman–Crippen MR) is 86.8 cm³/mol. The van der Waals surface area contributed by atoms with Crippen LogP contribution in [-0.4, -0.2) is 19.6 Å². The minimum atomic E-state index is 0.887. The average Bonchev–Trinajstić information content (AvgIpc) is 2.85. The Morgan fingerprint density at radius 3 is 2.89 bits per heavy atom. The predicted octanol–water partition coefficient (Wildman–Crippen LogP) is 4.19. The zero-order valence-electron chi connectivity index (χ0n) is 12.1. The Labute approximate surface area is 125 Å². The molecule has 1 heterocycles. The van der Waals surface area contributed by atoms with Crippen LogP contribution in [0, 0.1) is 5.92 Å². The molecule has 0 aromatic heterocycles. The molecule has 0 spiro atoms. The largest absolute Gasteiger partial charge is 0.370 e. The molecule has 1 aromatic rings. The lowest BCUT2D eigenvalue weighted by Gasteiger charge is -2.21. The summed E-state index contributed by atoms with van der Waals surface area (Å²) in [7, 11) is 0. The van der Waals surface area contributed by atoms with E-state index in [-0.39, 0.29) is 0 Å². The van der Waals surface area contributed by atoms with Gasteiger partial charge in [-0.2, -0.15) is 0 Å². The van der Waals surface area contributed by atoms with E-state index < -0.39 is 0 Å². The van der Waals surface area contributed by atoms with Gasteiger partial charge in [-0.3, -0.25) is 0 Å². The van der Waals surface area contributed by atoms with Gasteiger partial charge in [0.05, 0.1) is 5.69 Å². The van der Waals surface area contributed by atoms with Gasteiger partial charge in [-0.25, -0.2) is 0 Å². The highest BCUT2D eigenvalue weighted by Crippen LogP contribution is 2.32. The molecule has 0 amide bonds. The normalized spacial score (nSPS) is 19.1. The van der Waals surface area contributed by atoms with Crippen molar-refractivity contribution < 1.29 is 0 Å². The van der Waals surface area contributed by atoms with Crippen LogP contribution in [0.5, 0.6) is 0 Å². The third kappa shape index (κ3) is 3.96. The molecule has 0 bridgehead atoms. The van der Waals surface area contributed by atoms with Gasteiger partial charge >= 0.3 is 0 Å². The second kappa shape index (κ2) is 7.30. The lowest BCUT2D eigenvalue weighted by atomic mass is 10.0. The Kier molecular flexibility index (Phi) is 5.71. The first-order chi connectivity index (χ1) is 9.24. The summed E-state index contributed by atoms with van der Waals surface area (Å²) in [6.07, 6.45) is 4.02. The molecule has 1 atom stereocenters. The highest BCUT2D eigenvalue weighted by molar-refractivity contribution is 9.10. The second-order valence-electron chi connectivity index (χ2n) is 5.46. The first kappa shape index (κ1) is 14.9. The summed E-state index contributed by atoms with van der Waals surface area (Å²) in [5.41, 5.74) is 2.71. The Balaban J connectivity index is 2.01. The minimum Gasteiger partial charge on any atom is -0.370 e. The molecule has 106 valence electrons. The zero-order valence-corrected chi connectivity index (χ0v) is 13.7. The quantitative estimate of drug-likeness (QED) is 0.844. The first-order valence-corrected chi connectivity index (χ1v) is 8.28. The molecule has 1 fully saturated rings. The number of nitrogens with zero attached hydrogens (tertiary/aromatic N) is 1. The fourth-order valence-electron chi connectivity index (χ4n) is 2.88. The van der Waals surface area contributed by atoms with Gasteiger partial charge in [0.15, 0.2) is 0 Å². The van der Waals surface area contributed by atoms with Gasteiger partial charge in [0.2, 0.25) is 0 Å². The highest BCUT2D eigenvalue weighted by Gasteiger charge is 2.23. The van der Waals surface area contributed by atoms with E-state index in [1.807, 2.05) is 0 Å². The van der Waals surface area contributed by atoms with Gasteiger partial charge in [0.1, 0.15) is 0 Å². The Bertz CT molecular complexity index is 406. The van der Waals surface area contributed by atoms with Crippen molar-refractivity contribution in [1.29, 1.82) is 0 Å². The summed E-state index contributed by atoms with van der Waals surface area (Å²) in [6, 6.07) is 6.77. The van der Waals surface area contributed by atoms with E-state index in [9.17, 15) is 0 Å². The van der Waals surface area contributed by atoms with Crippen molar-refractivity contribution in [2.24, 2.45) is 5.92 Å². The summed E-state index contributed by atoms with van der Waals surface area (Å²) in [6.45, 7) is 8.82. The number of benzene rings is 1. The third-order valence-electron chi connectivity index (χ3n) is 3.91. The van der Waals surface area contributed by atoms with Crippen molar-refractivity contribution in [3.8, 4) is 0 Å². The smallest absolute Gasteiger partial charge is 0.0510 e. The van der Waals surface area contributed by atoms with E-state index in [1.54, 1.807) is 0 Å². The van der Waals surface area contributed by atoms with Gasteiger partial charge in [0, 0.05) is 24.1 Å². The maximum Gasteiger partial charge on any atom is 0.0510 e.